The van der Waals surface area contributed by atoms with Gasteiger partial charge in [-0.3, -0.25) is 4.79 Å². The Bertz CT molecular complexity index is 415. The first-order chi connectivity index (χ1) is 8.09. The van der Waals surface area contributed by atoms with E-state index in [9.17, 15) is 18.0 Å². The second-order valence-electron chi connectivity index (χ2n) is 4.90. The van der Waals surface area contributed by atoms with Gasteiger partial charge in [-0.15, -0.1) is 11.8 Å². The first-order valence-corrected chi connectivity index (χ1v) is 6.42. The lowest BCUT2D eigenvalue weighted by Gasteiger charge is -2.16. The van der Waals surface area contributed by atoms with Crippen molar-refractivity contribution in [3.63, 3.8) is 0 Å². The van der Waals surface area contributed by atoms with E-state index in [1.165, 1.54) is 23.9 Å². The van der Waals surface area contributed by atoms with Crippen molar-refractivity contribution >= 4 is 17.5 Å². The molecule has 0 aliphatic rings. The molecule has 1 aromatic carbocycles. The Kier molecular flexibility index (Phi) is 4.48. The number of Topliss-reactive ketones (excluding diaryl/α,β-unsaturated/α-hetero) is 1. The molecule has 0 saturated carbocycles. The molecule has 0 fully saturated rings. The lowest BCUT2D eigenvalue weighted by molar-refractivity contribution is -0.137. The molecule has 0 heterocycles. The van der Waals surface area contributed by atoms with Crippen LogP contribution < -0.4 is 0 Å². The smallest absolute Gasteiger partial charge is 0.293 e. The lowest BCUT2D eigenvalue weighted by Crippen LogP contribution is -2.13. The minimum Gasteiger partial charge on any atom is -0.293 e. The molecule has 0 unspecified atom stereocenters. The quantitative estimate of drug-likeness (QED) is 0.760. The molecule has 5 heteroatoms. The van der Waals surface area contributed by atoms with Gasteiger partial charge in [0.15, 0.2) is 5.78 Å². The van der Waals surface area contributed by atoms with E-state index >= 15 is 0 Å². The van der Waals surface area contributed by atoms with E-state index in [0.717, 1.165) is 12.1 Å². The molecule has 0 amide bonds. The Balaban J connectivity index is 2.71. The van der Waals surface area contributed by atoms with Crippen molar-refractivity contribution in [1.82, 2.24) is 0 Å². The van der Waals surface area contributed by atoms with Crippen molar-refractivity contribution in [2.24, 2.45) is 0 Å². The maximum atomic E-state index is 12.3. The number of hydrogen-bond donors (Lipinski definition) is 0. The van der Waals surface area contributed by atoms with Crippen LogP contribution in [0.1, 0.15) is 36.7 Å². The molecule has 1 aromatic rings. The number of rotatable bonds is 3. The highest BCUT2D eigenvalue weighted by atomic mass is 32.2. The molecule has 18 heavy (non-hydrogen) atoms. The lowest BCUT2D eigenvalue weighted by atomic mass is 10.1. The molecular formula is C13H15F3OS. The second-order valence-corrected chi connectivity index (χ2v) is 6.70. The van der Waals surface area contributed by atoms with Crippen molar-refractivity contribution in [2.45, 2.75) is 31.7 Å². The molecule has 0 aromatic heterocycles. The van der Waals surface area contributed by atoms with Gasteiger partial charge < -0.3 is 0 Å². The summed E-state index contributed by atoms with van der Waals surface area (Å²) in [7, 11) is 0. The monoisotopic (exact) mass is 276 g/mol. The summed E-state index contributed by atoms with van der Waals surface area (Å²) in [6.07, 6.45) is -4.36. The molecule has 0 atom stereocenters. The van der Waals surface area contributed by atoms with E-state index in [2.05, 4.69) is 0 Å². The van der Waals surface area contributed by atoms with Crippen LogP contribution >= 0.6 is 11.8 Å². The van der Waals surface area contributed by atoms with Crippen LogP contribution in [-0.4, -0.2) is 16.3 Å². The Morgan fingerprint density at radius 1 is 1.11 bits per heavy atom. The number of benzene rings is 1. The van der Waals surface area contributed by atoms with Crippen LogP contribution in [0.3, 0.4) is 0 Å². The van der Waals surface area contributed by atoms with Gasteiger partial charge in [0, 0.05) is 10.3 Å². The molecule has 1 nitrogen and oxygen atoms in total. The zero-order chi connectivity index (χ0) is 14.0. The van der Waals surface area contributed by atoms with Crippen LogP contribution in [0.15, 0.2) is 24.3 Å². The van der Waals surface area contributed by atoms with Crippen LogP contribution in [-0.2, 0) is 6.18 Å². The van der Waals surface area contributed by atoms with Gasteiger partial charge in [0.1, 0.15) is 0 Å². The number of alkyl halides is 3. The van der Waals surface area contributed by atoms with Gasteiger partial charge in [0.25, 0.3) is 0 Å². The van der Waals surface area contributed by atoms with E-state index < -0.39 is 11.7 Å². The standard InChI is InChI=1S/C13H15F3OS/c1-12(2,3)18-8-11(17)9-4-6-10(7-5-9)13(14,15)16/h4-7H,8H2,1-3H3. The van der Waals surface area contributed by atoms with Gasteiger partial charge in [-0.05, 0) is 12.1 Å². The first kappa shape index (κ1) is 15.1. The van der Waals surface area contributed by atoms with Gasteiger partial charge in [0.2, 0.25) is 0 Å². The maximum absolute atomic E-state index is 12.3. The predicted octanol–water partition coefficient (Wildman–Crippen LogP) is 4.42. The number of halogens is 3. The van der Waals surface area contributed by atoms with Crippen molar-refractivity contribution in [3.05, 3.63) is 35.4 Å². The Morgan fingerprint density at radius 2 is 1.61 bits per heavy atom. The molecular weight excluding hydrogens is 261 g/mol. The molecule has 0 aliphatic heterocycles. The fourth-order valence-corrected chi connectivity index (χ4v) is 1.94. The van der Waals surface area contributed by atoms with Crippen molar-refractivity contribution in [3.8, 4) is 0 Å². The molecule has 0 aliphatic carbocycles. The summed E-state index contributed by atoms with van der Waals surface area (Å²) in [5.41, 5.74) is -0.415. The highest BCUT2D eigenvalue weighted by Crippen LogP contribution is 2.29. The average Bonchev–Trinajstić information content (AvgIpc) is 2.24. The minimum absolute atomic E-state index is 0.0401. The number of carbonyl (C=O) groups excluding carboxylic acids is 1. The van der Waals surface area contributed by atoms with Gasteiger partial charge in [-0.2, -0.15) is 13.2 Å². The third-order valence-corrected chi connectivity index (χ3v) is 3.44. The van der Waals surface area contributed by atoms with E-state index in [1.807, 2.05) is 20.8 Å². The number of hydrogen-bond acceptors (Lipinski definition) is 2. The van der Waals surface area contributed by atoms with Gasteiger partial charge >= 0.3 is 6.18 Å². The molecule has 1 rings (SSSR count). The van der Waals surface area contributed by atoms with E-state index in [-0.39, 0.29) is 16.3 Å². The Hall–Kier alpha value is -0.970. The summed E-state index contributed by atoms with van der Waals surface area (Å²) < 4.78 is 37.0. The molecule has 0 bridgehead atoms. The maximum Gasteiger partial charge on any atom is 0.416 e. The first-order valence-electron chi connectivity index (χ1n) is 5.44. The SMILES string of the molecule is CC(C)(C)SCC(=O)c1ccc(C(F)(F)F)cc1. The fourth-order valence-electron chi connectivity index (χ4n) is 1.21. The second kappa shape index (κ2) is 5.34. The Labute approximate surface area is 109 Å². The molecule has 0 saturated heterocycles. The van der Waals surface area contributed by atoms with Crippen LogP contribution in [0, 0.1) is 0 Å². The van der Waals surface area contributed by atoms with Crippen molar-refractivity contribution in [2.75, 3.05) is 5.75 Å². The molecule has 0 radical (unpaired) electrons. The van der Waals surface area contributed by atoms with Gasteiger partial charge in [0.05, 0.1) is 11.3 Å². The topological polar surface area (TPSA) is 17.1 Å². The zero-order valence-corrected chi connectivity index (χ0v) is 11.3. The molecule has 0 N–H and O–H groups in total. The highest BCUT2D eigenvalue weighted by molar-refractivity contribution is 8.01. The van der Waals surface area contributed by atoms with E-state index in [1.54, 1.807) is 0 Å². The van der Waals surface area contributed by atoms with Crippen LogP contribution in [0.4, 0.5) is 13.2 Å². The Morgan fingerprint density at radius 3 is 2.00 bits per heavy atom. The summed E-state index contributed by atoms with van der Waals surface area (Å²) >= 11 is 1.47. The molecule has 0 spiro atoms. The number of ketones is 1. The minimum atomic E-state index is -4.36. The van der Waals surface area contributed by atoms with Crippen molar-refractivity contribution < 1.29 is 18.0 Å². The highest BCUT2D eigenvalue weighted by Gasteiger charge is 2.30. The largest absolute Gasteiger partial charge is 0.416 e. The normalized spacial score (nSPS) is 12.6. The third kappa shape index (κ3) is 4.72. The summed E-state index contributed by atoms with van der Waals surface area (Å²) in [6, 6.07) is 4.34. The van der Waals surface area contributed by atoms with Crippen LogP contribution in [0.25, 0.3) is 0 Å². The predicted molar refractivity (Wildman–Crippen MR) is 68.0 cm³/mol. The summed E-state index contributed by atoms with van der Waals surface area (Å²) in [4.78, 5) is 11.8. The third-order valence-electron chi connectivity index (χ3n) is 2.17. The van der Waals surface area contributed by atoms with E-state index in [4.69, 9.17) is 0 Å². The average molecular weight is 276 g/mol. The van der Waals surface area contributed by atoms with Gasteiger partial charge in [-0.1, -0.05) is 32.9 Å². The van der Waals surface area contributed by atoms with Crippen molar-refractivity contribution in [1.29, 1.82) is 0 Å². The fraction of sp³-hybridized carbons (Fsp3) is 0.462. The summed E-state index contributed by atoms with van der Waals surface area (Å²) in [5.74, 6) is 0.123. The number of thioether (sulfide) groups is 1. The molecule has 100 valence electrons. The van der Waals surface area contributed by atoms with Crippen LogP contribution in [0.2, 0.25) is 0 Å². The zero-order valence-electron chi connectivity index (χ0n) is 10.5. The summed E-state index contributed by atoms with van der Waals surface area (Å²) in [5, 5.41) is 0. The van der Waals surface area contributed by atoms with Gasteiger partial charge in [-0.25, -0.2) is 0 Å². The van der Waals surface area contributed by atoms with Crippen LogP contribution in [0.5, 0.6) is 0 Å². The number of carbonyl (C=O) groups is 1. The van der Waals surface area contributed by atoms with E-state index in [0.29, 0.717) is 5.56 Å². The summed E-state index contributed by atoms with van der Waals surface area (Å²) in [6.45, 7) is 5.95.